The molecule has 0 radical (unpaired) electrons. The van der Waals surface area contributed by atoms with Crippen molar-refractivity contribution in [1.29, 1.82) is 0 Å². The normalized spacial score (nSPS) is 18.0. The van der Waals surface area contributed by atoms with Crippen molar-refractivity contribution >= 4 is 15.9 Å². The Balaban J connectivity index is 2.31. The van der Waals surface area contributed by atoms with Crippen LogP contribution >= 0.6 is 0 Å². The van der Waals surface area contributed by atoms with E-state index < -0.39 is 10.0 Å². The van der Waals surface area contributed by atoms with E-state index in [1.807, 2.05) is 13.8 Å². The van der Waals surface area contributed by atoms with E-state index in [0.29, 0.717) is 24.2 Å². The number of rotatable bonds is 5. The first-order chi connectivity index (χ1) is 11.4. The zero-order valence-corrected chi connectivity index (χ0v) is 15.7. The maximum atomic E-state index is 13.0. The fraction of sp³-hybridized carbons (Fsp3) is 0.611. The van der Waals surface area contributed by atoms with Crippen LogP contribution in [0.15, 0.2) is 23.1 Å². The summed E-state index contributed by atoms with van der Waals surface area (Å²) in [6, 6.07) is 4.99. The Kier molecular flexibility index (Phi) is 6.40. The second kappa shape index (κ2) is 8.12. The Bertz CT molecular complexity index is 678. The van der Waals surface area contributed by atoms with Gasteiger partial charge in [-0.3, -0.25) is 4.79 Å². The average molecular weight is 353 g/mol. The fourth-order valence-electron chi connectivity index (χ4n) is 2.85. The third-order valence-electron chi connectivity index (χ3n) is 4.62. The van der Waals surface area contributed by atoms with Gasteiger partial charge in [-0.05, 0) is 50.8 Å². The highest BCUT2D eigenvalue weighted by molar-refractivity contribution is 7.89. The summed E-state index contributed by atoms with van der Waals surface area (Å²) in [7, 11) is -3.55. The van der Waals surface area contributed by atoms with E-state index in [2.05, 4.69) is 5.32 Å². The van der Waals surface area contributed by atoms with Crippen LogP contribution in [0.3, 0.4) is 0 Å². The lowest BCUT2D eigenvalue weighted by atomic mass is 10.1. The van der Waals surface area contributed by atoms with E-state index in [4.69, 9.17) is 0 Å². The Hall–Kier alpha value is -1.40. The third kappa shape index (κ3) is 4.36. The molecule has 134 valence electrons. The van der Waals surface area contributed by atoms with Gasteiger partial charge in [-0.15, -0.1) is 0 Å². The van der Waals surface area contributed by atoms with Crippen molar-refractivity contribution in [1.82, 2.24) is 9.62 Å². The highest BCUT2D eigenvalue weighted by Crippen LogP contribution is 2.24. The number of carbonyl (C=O) groups is 1. The zero-order chi connectivity index (χ0) is 17.7. The van der Waals surface area contributed by atoms with Crippen LogP contribution in [0.5, 0.6) is 0 Å². The summed E-state index contributed by atoms with van der Waals surface area (Å²) in [6.45, 7) is 6.83. The molecule has 1 amide bonds. The topological polar surface area (TPSA) is 66.5 Å². The molecule has 0 saturated carbocycles. The second-order valence-electron chi connectivity index (χ2n) is 6.58. The fourth-order valence-corrected chi connectivity index (χ4v) is 4.62. The van der Waals surface area contributed by atoms with E-state index in [-0.39, 0.29) is 16.8 Å². The summed E-state index contributed by atoms with van der Waals surface area (Å²) >= 11 is 0. The molecule has 0 spiro atoms. The maximum Gasteiger partial charge on any atom is 0.251 e. The predicted octanol–water partition coefficient (Wildman–Crippen LogP) is 3.09. The van der Waals surface area contributed by atoms with E-state index in [1.54, 1.807) is 23.4 Å². The van der Waals surface area contributed by atoms with Crippen LogP contribution in [0.4, 0.5) is 0 Å². The molecule has 1 N–H and O–H groups in total. The Morgan fingerprint density at radius 3 is 2.42 bits per heavy atom. The van der Waals surface area contributed by atoms with Crippen molar-refractivity contribution in [3.8, 4) is 0 Å². The van der Waals surface area contributed by atoms with Crippen molar-refractivity contribution in [3.63, 3.8) is 0 Å². The van der Waals surface area contributed by atoms with Crippen molar-refractivity contribution in [2.24, 2.45) is 0 Å². The van der Waals surface area contributed by atoms with Gasteiger partial charge >= 0.3 is 0 Å². The summed E-state index contributed by atoms with van der Waals surface area (Å²) in [5, 5.41) is 2.89. The number of nitrogens with one attached hydrogen (secondary N) is 1. The molecule has 1 aliphatic rings. The molecule has 1 aromatic carbocycles. The van der Waals surface area contributed by atoms with Crippen LogP contribution in [0.2, 0.25) is 0 Å². The van der Waals surface area contributed by atoms with E-state index in [0.717, 1.165) is 32.1 Å². The third-order valence-corrected chi connectivity index (χ3v) is 6.66. The Labute approximate surface area is 145 Å². The largest absolute Gasteiger partial charge is 0.350 e. The van der Waals surface area contributed by atoms with Crippen molar-refractivity contribution in [3.05, 3.63) is 29.3 Å². The molecule has 0 bridgehead atoms. The molecule has 24 heavy (non-hydrogen) atoms. The summed E-state index contributed by atoms with van der Waals surface area (Å²) < 4.78 is 27.6. The highest BCUT2D eigenvalue weighted by atomic mass is 32.2. The zero-order valence-electron chi connectivity index (χ0n) is 14.8. The van der Waals surface area contributed by atoms with Gasteiger partial charge in [0.2, 0.25) is 10.0 Å². The summed E-state index contributed by atoms with van der Waals surface area (Å²) in [4.78, 5) is 12.6. The molecular weight excluding hydrogens is 324 g/mol. The van der Waals surface area contributed by atoms with E-state index in [9.17, 15) is 13.2 Å². The second-order valence-corrected chi connectivity index (χ2v) is 8.49. The van der Waals surface area contributed by atoms with Crippen molar-refractivity contribution in [2.75, 3.05) is 13.1 Å². The maximum absolute atomic E-state index is 13.0. The summed E-state index contributed by atoms with van der Waals surface area (Å²) in [5.41, 5.74) is 1.08. The number of sulfonamides is 1. The molecule has 1 aliphatic heterocycles. The van der Waals surface area contributed by atoms with E-state index in [1.165, 1.54) is 6.07 Å². The number of carbonyl (C=O) groups excluding carboxylic acids is 1. The SMILES string of the molecule is CC[C@H](C)NC(=O)c1ccc(C)c(S(=O)(=O)N2CCCCCC2)c1. The standard InChI is InChI=1S/C18H28N2O3S/c1-4-15(3)19-18(21)16-10-9-14(2)17(13-16)24(22,23)20-11-7-5-6-8-12-20/h9-10,13,15H,4-8,11-12H2,1-3H3,(H,19,21)/t15-/m0/s1. The highest BCUT2D eigenvalue weighted by Gasteiger charge is 2.27. The molecule has 0 aromatic heterocycles. The average Bonchev–Trinajstić information content (AvgIpc) is 2.84. The van der Waals surface area contributed by atoms with Gasteiger partial charge in [0.15, 0.2) is 0 Å². The summed E-state index contributed by atoms with van der Waals surface area (Å²) in [5.74, 6) is -0.225. The van der Waals surface area contributed by atoms with Crippen LogP contribution in [0.1, 0.15) is 61.9 Å². The minimum Gasteiger partial charge on any atom is -0.350 e. The molecule has 1 aromatic rings. The molecular formula is C18H28N2O3S. The van der Waals surface area contributed by atoms with Gasteiger partial charge in [-0.2, -0.15) is 4.31 Å². The number of nitrogens with zero attached hydrogens (tertiary/aromatic N) is 1. The van der Waals surface area contributed by atoms with Crippen LogP contribution in [0, 0.1) is 6.92 Å². The van der Waals surface area contributed by atoms with Crippen LogP contribution in [-0.4, -0.2) is 37.8 Å². The van der Waals surface area contributed by atoms with Crippen LogP contribution < -0.4 is 5.32 Å². The van der Waals surface area contributed by atoms with Gasteiger partial charge in [0, 0.05) is 24.7 Å². The Morgan fingerprint density at radius 2 is 1.83 bits per heavy atom. The minimum absolute atomic E-state index is 0.0597. The first-order valence-corrected chi connectivity index (χ1v) is 10.2. The van der Waals surface area contributed by atoms with Crippen LogP contribution in [0.25, 0.3) is 0 Å². The molecule has 6 heteroatoms. The van der Waals surface area contributed by atoms with Gasteiger partial charge in [-0.1, -0.05) is 25.8 Å². The van der Waals surface area contributed by atoms with E-state index >= 15 is 0 Å². The first kappa shape index (κ1) is 18.9. The number of hydrogen-bond acceptors (Lipinski definition) is 3. The Morgan fingerprint density at radius 1 is 1.21 bits per heavy atom. The first-order valence-electron chi connectivity index (χ1n) is 8.78. The van der Waals surface area contributed by atoms with Crippen LogP contribution in [-0.2, 0) is 10.0 Å². The molecule has 1 heterocycles. The lowest BCUT2D eigenvalue weighted by Gasteiger charge is -2.21. The number of amides is 1. The molecule has 2 rings (SSSR count). The summed E-state index contributed by atoms with van der Waals surface area (Å²) in [6.07, 6.45) is 4.76. The smallest absolute Gasteiger partial charge is 0.251 e. The lowest BCUT2D eigenvalue weighted by molar-refractivity contribution is 0.0939. The number of aryl methyl sites for hydroxylation is 1. The van der Waals surface area contributed by atoms with Gasteiger partial charge in [0.05, 0.1) is 4.90 Å². The predicted molar refractivity (Wildman–Crippen MR) is 95.6 cm³/mol. The quantitative estimate of drug-likeness (QED) is 0.885. The number of hydrogen-bond donors (Lipinski definition) is 1. The number of benzene rings is 1. The van der Waals surface area contributed by atoms with Gasteiger partial charge in [0.25, 0.3) is 5.91 Å². The minimum atomic E-state index is -3.55. The monoisotopic (exact) mass is 352 g/mol. The van der Waals surface area contributed by atoms with Gasteiger partial charge in [-0.25, -0.2) is 8.42 Å². The molecule has 1 atom stereocenters. The van der Waals surface area contributed by atoms with Gasteiger partial charge in [0.1, 0.15) is 0 Å². The van der Waals surface area contributed by atoms with Crippen molar-refractivity contribution < 1.29 is 13.2 Å². The molecule has 5 nitrogen and oxygen atoms in total. The van der Waals surface area contributed by atoms with Gasteiger partial charge < -0.3 is 5.32 Å². The molecule has 1 fully saturated rings. The lowest BCUT2D eigenvalue weighted by Crippen LogP contribution is -2.34. The van der Waals surface area contributed by atoms with Crippen molar-refractivity contribution in [2.45, 2.75) is 63.8 Å². The molecule has 1 saturated heterocycles. The molecule has 0 unspecified atom stereocenters. The molecule has 0 aliphatic carbocycles.